The van der Waals surface area contributed by atoms with Gasteiger partial charge >= 0.3 is 0 Å². The summed E-state index contributed by atoms with van der Waals surface area (Å²) in [5, 5.41) is 1.21. The highest BCUT2D eigenvalue weighted by Gasteiger charge is 2.52. The molecule has 1 aromatic heterocycles. The minimum absolute atomic E-state index is 0.720. The Kier molecular flexibility index (Phi) is 4.20. The van der Waals surface area contributed by atoms with Gasteiger partial charge in [-0.05, 0) is 66.4 Å². The lowest BCUT2D eigenvalue weighted by molar-refractivity contribution is 0.158. The largest absolute Gasteiger partial charge is 0.472 e. The van der Waals surface area contributed by atoms with Crippen LogP contribution in [0, 0.1) is 0 Å². The average molecular weight is 484 g/mol. The van der Waals surface area contributed by atoms with Gasteiger partial charge in [0.2, 0.25) is 0 Å². The molecule has 182 valence electrons. The molecule has 5 aromatic rings. The second-order valence-corrected chi connectivity index (χ2v) is 10.7. The highest BCUT2D eigenvalue weighted by molar-refractivity contribution is 5.99. The molecule has 2 aliphatic heterocycles. The van der Waals surface area contributed by atoms with E-state index < -0.39 is 5.60 Å². The number of nitrogens with zero attached hydrogens (tertiary/aromatic N) is 2. The maximum absolute atomic E-state index is 7.24. The van der Waals surface area contributed by atoms with Crippen molar-refractivity contribution in [3.8, 4) is 28.1 Å². The predicted octanol–water partition coefficient (Wildman–Crippen LogP) is 7.17. The zero-order valence-electron chi connectivity index (χ0n) is 21.2. The first-order chi connectivity index (χ1) is 18.1. The van der Waals surface area contributed by atoms with Gasteiger partial charge in [-0.3, -0.25) is 0 Å². The number of hydrogen-bond donors (Lipinski definition) is 1. The Labute approximate surface area is 217 Å². The Bertz CT molecular complexity index is 1710. The Balaban J connectivity index is 1.49. The highest BCUT2D eigenvalue weighted by atomic mass is 16.5. The average Bonchev–Trinajstić information content (AvgIpc) is 3.66. The van der Waals surface area contributed by atoms with Crippen LogP contribution in [0.3, 0.4) is 0 Å². The zero-order chi connectivity index (χ0) is 24.7. The van der Waals surface area contributed by atoms with Gasteiger partial charge in [0.25, 0.3) is 0 Å². The van der Waals surface area contributed by atoms with E-state index >= 15 is 0 Å². The summed E-state index contributed by atoms with van der Waals surface area (Å²) in [5.41, 5.74) is 11.4. The fraction of sp³-hybridized carbons (Fsp3) is 0.212. The molecular formula is C33H29N3O. The van der Waals surface area contributed by atoms with Crippen LogP contribution in [0.1, 0.15) is 29.5 Å². The number of anilines is 2. The maximum atomic E-state index is 7.24. The number of rotatable bonds is 2. The Morgan fingerprint density at radius 2 is 1.51 bits per heavy atom. The Morgan fingerprint density at radius 3 is 2.35 bits per heavy atom. The summed E-state index contributed by atoms with van der Waals surface area (Å²) in [5.74, 6) is 0.917. The number of aromatic amines is 1. The number of aromatic nitrogens is 1. The summed E-state index contributed by atoms with van der Waals surface area (Å²) in [4.78, 5) is 8.48. The molecule has 0 bridgehead atoms. The molecule has 1 saturated heterocycles. The molecule has 1 unspecified atom stereocenters. The van der Waals surface area contributed by atoms with Crippen LogP contribution in [-0.4, -0.2) is 32.2 Å². The lowest BCUT2D eigenvalue weighted by Gasteiger charge is -2.38. The number of ether oxygens (including phenoxy) is 1. The normalized spacial score (nSPS) is 18.9. The van der Waals surface area contributed by atoms with E-state index in [9.17, 15) is 0 Å². The lowest BCUT2D eigenvalue weighted by Crippen LogP contribution is -2.36. The standard InChI is InChI=1S/C33H29N3O/c1-35(2)21-13-15-27-25(19-21)26-20-22(36-17-7-8-18-36)14-16-28(26)33(27)31-23-9-3-5-11-29(23)34-32(31)24-10-4-6-12-30(24)37-33/h3-6,9-16,19-20,34H,7-8,17-18H2,1-2H3. The molecule has 3 aliphatic rings. The van der Waals surface area contributed by atoms with Gasteiger partial charge in [-0.1, -0.05) is 42.5 Å². The minimum Gasteiger partial charge on any atom is -0.472 e. The molecule has 3 heterocycles. The lowest BCUT2D eigenvalue weighted by atomic mass is 9.79. The quantitative estimate of drug-likeness (QED) is 0.289. The number of hydrogen-bond acceptors (Lipinski definition) is 3. The third-order valence-corrected chi connectivity index (χ3v) is 8.52. The summed E-state index contributed by atoms with van der Waals surface area (Å²) >= 11 is 0. The zero-order valence-corrected chi connectivity index (χ0v) is 21.2. The minimum atomic E-state index is -0.720. The van der Waals surface area contributed by atoms with Crippen molar-refractivity contribution in [2.24, 2.45) is 0 Å². The van der Waals surface area contributed by atoms with Gasteiger partial charge in [-0.15, -0.1) is 0 Å². The number of fused-ring (bicyclic) bond motifs is 11. The summed E-state index contributed by atoms with van der Waals surface area (Å²) in [7, 11) is 4.22. The van der Waals surface area contributed by atoms with E-state index in [1.165, 1.54) is 57.4 Å². The molecule has 1 fully saturated rings. The Hall–Kier alpha value is -4.18. The van der Waals surface area contributed by atoms with Crippen LogP contribution in [0.2, 0.25) is 0 Å². The van der Waals surface area contributed by atoms with Crippen molar-refractivity contribution in [1.82, 2.24) is 4.98 Å². The Morgan fingerprint density at radius 1 is 0.784 bits per heavy atom. The molecule has 1 atom stereocenters. The number of nitrogens with one attached hydrogen (secondary N) is 1. The molecule has 4 aromatic carbocycles. The van der Waals surface area contributed by atoms with Crippen LogP contribution in [0.15, 0.2) is 84.9 Å². The van der Waals surface area contributed by atoms with Gasteiger partial charge in [0, 0.05) is 71.7 Å². The van der Waals surface area contributed by atoms with E-state index in [4.69, 9.17) is 4.74 Å². The van der Waals surface area contributed by atoms with Crippen molar-refractivity contribution < 1.29 is 4.74 Å². The van der Waals surface area contributed by atoms with Crippen molar-refractivity contribution in [2.75, 3.05) is 37.0 Å². The molecule has 1 aliphatic carbocycles. The molecule has 1 spiro atoms. The second-order valence-electron chi connectivity index (χ2n) is 10.7. The molecular weight excluding hydrogens is 454 g/mol. The highest BCUT2D eigenvalue weighted by Crippen LogP contribution is 2.60. The van der Waals surface area contributed by atoms with Crippen LogP contribution in [0.5, 0.6) is 5.75 Å². The van der Waals surface area contributed by atoms with Gasteiger partial charge in [-0.2, -0.15) is 0 Å². The first-order valence-corrected chi connectivity index (χ1v) is 13.3. The van der Waals surface area contributed by atoms with Crippen LogP contribution in [0.25, 0.3) is 33.3 Å². The van der Waals surface area contributed by atoms with E-state index in [2.05, 4.69) is 114 Å². The third kappa shape index (κ3) is 2.73. The molecule has 0 amide bonds. The molecule has 4 nitrogen and oxygen atoms in total. The van der Waals surface area contributed by atoms with Gasteiger partial charge in [0.15, 0.2) is 5.60 Å². The van der Waals surface area contributed by atoms with Crippen molar-refractivity contribution >= 4 is 22.3 Å². The monoisotopic (exact) mass is 483 g/mol. The topological polar surface area (TPSA) is 31.5 Å². The summed E-state index contributed by atoms with van der Waals surface area (Å²) in [6.07, 6.45) is 2.53. The van der Waals surface area contributed by atoms with E-state index in [0.29, 0.717) is 0 Å². The van der Waals surface area contributed by atoms with Crippen LogP contribution in [0.4, 0.5) is 11.4 Å². The van der Waals surface area contributed by atoms with Gasteiger partial charge in [0.1, 0.15) is 5.75 Å². The van der Waals surface area contributed by atoms with Crippen molar-refractivity contribution in [2.45, 2.75) is 18.4 Å². The summed E-state index contributed by atoms with van der Waals surface area (Å²) in [6.45, 7) is 2.26. The predicted molar refractivity (Wildman–Crippen MR) is 152 cm³/mol. The number of benzene rings is 4. The van der Waals surface area contributed by atoms with Crippen LogP contribution >= 0.6 is 0 Å². The van der Waals surface area contributed by atoms with Crippen molar-refractivity contribution in [1.29, 1.82) is 0 Å². The van der Waals surface area contributed by atoms with Gasteiger partial charge < -0.3 is 19.5 Å². The smallest absolute Gasteiger partial charge is 0.188 e. The van der Waals surface area contributed by atoms with Crippen LogP contribution in [-0.2, 0) is 5.60 Å². The molecule has 0 saturated carbocycles. The first-order valence-electron chi connectivity index (χ1n) is 13.3. The van der Waals surface area contributed by atoms with E-state index in [1.54, 1.807) is 0 Å². The fourth-order valence-corrected chi connectivity index (χ4v) is 6.79. The first kappa shape index (κ1) is 21.0. The van der Waals surface area contributed by atoms with Gasteiger partial charge in [0.05, 0.1) is 5.69 Å². The van der Waals surface area contributed by atoms with Crippen LogP contribution < -0.4 is 14.5 Å². The molecule has 1 N–H and O–H groups in total. The van der Waals surface area contributed by atoms with Gasteiger partial charge in [-0.25, -0.2) is 0 Å². The fourth-order valence-electron chi connectivity index (χ4n) is 6.79. The molecule has 0 radical (unpaired) electrons. The third-order valence-electron chi connectivity index (χ3n) is 8.52. The maximum Gasteiger partial charge on any atom is 0.188 e. The SMILES string of the molecule is CN(C)c1ccc2c(c1)-c1cc(N3CCCC3)ccc1C21Oc2ccccc2-c2[nH]c3ccccc3c21. The van der Waals surface area contributed by atoms with Crippen molar-refractivity contribution in [3.05, 3.63) is 102 Å². The van der Waals surface area contributed by atoms with E-state index in [-0.39, 0.29) is 0 Å². The van der Waals surface area contributed by atoms with E-state index in [0.717, 1.165) is 35.6 Å². The summed E-state index contributed by atoms with van der Waals surface area (Å²) in [6, 6.07) is 31.0. The number of H-pyrrole nitrogens is 1. The van der Waals surface area contributed by atoms with Crippen molar-refractivity contribution in [3.63, 3.8) is 0 Å². The molecule has 4 heteroatoms. The molecule has 8 rings (SSSR count). The second kappa shape index (κ2) is 7.42. The van der Waals surface area contributed by atoms with E-state index in [1.807, 2.05) is 0 Å². The number of para-hydroxylation sites is 2. The summed E-state index contributed by atoms with van der Waals surface area (Å²) < 4.78 is 7.24. The molecule has 37 heavy (non-hydrogen) atoms.